The van der Waals surface area contributed by atoms with Gasteiger partial charge in [0.1, 0.15) is 17.4 Å². The van der Waals surface area contributed by atoms with Gasteiger partial charge in [-0.25, -0.2) is 8.78 Å². The Morgan fingerprint density at radius 2 is 2.11 bits per heavy atom. The van der Waals surface area contributed by atoms with Gasteiger partial charge in [0, 0.05) is 4.90 Å². The van der Waals surface area contributed by atoms with Gasteiger partial charge in [0.15, 0.2) is 5.78 Å². The van der Waals surface area contributed by atoms with Crippen molar-refractivity contribution < 1.29 is 18.0 Å². The summed E-state index contributed by atoms with van der Waals surface area (Å²) in [6.45, 7) is 1.77. The molecule has 1 heterocycles. The first-order chi connectivity index (χ1) is 8.58. The largest absolute Gasteiger partial charge is 0.468 e. The normalized spacial score (nSPS) is 10.6. The second-order valence-corrected chi connectivity index (χ2v) is 4.69. The predicted octanol–water partition coefficient (Wildman–Crippen LogP) is 3.84. The molecule has 0 bridgehead atoms. The van der Waals surface area contributed by atoms with Gasteiger partial charge in [0.25, 0.3) is 0 Å². The fourth-order valence-corrected chi connectivity index (χ4v) is 2.30. The number of rotatable bonds is 4. The van der Waals surface area contributed by atoms with E-state index in [9.17, 15) is 13.6 Å². The third kappa shape index (κ3) is 2.79. The van der Waals surface area contributed by atoms with Crippen molar-refractivity contribution in [3.8, 4) is 0 Å². The zero-order valence-corrected chi connectivity index (χ0v) is 10.4. The van der Waals surface area contributed by atoms with Crippen LogP contribution in [0.5, 0.6) is 0 Å². The number of carbonyl (C=O) groups is 1. The highest BCUT2D eigenvalue weighted by Gasteiger charge is 2.14. The van der Waals surface area contributed by atoms with Crippen LogP contribution >= 0.6 is 11.8 Å². The lowest BCUT2D eigenvalue weighted by atomic mass is 10.1. The Morgan fingerprint density at radius 3 is 2.78 bits per heavy atom. The number of hydrogen-bond acceptors (Lipinski definition) is 3. The lowest BCUT2D eigenvalue weighted by Crippen LogP contribution is -2.05. The molecule has 1 aromatic carbocycles. The summed E-state index contributed by atoms with van der Waals surface area (Å²) in [5.74, 6) is -1.03. The molecule has 2 aromatic rings. The van der Waals surface area contributed by atoms with E-state index in [0.29, 0.717) is 5.76 Å². The van der Waals surface area contributed by atoms with Gasteiger partial charge in [-0.15, -0.1) is 11.8 Å². The van der Waals surface area contributed by atoms with Crippen molar-refractivity contribution in [2.24, 2.45) is 0 Å². The summed E-state index contributed by atoms with van der Waals surface area (Å²) in [7, 11) is 0. The van der Waals surface area contributed by atoms with E-state index >= 15 is 0 Å². The summed E-state index contributed by atoms with van der Waals surface area (Å²) in [4.78, 5) is 12.6. The lowest BCUT2D eigenvalue weighted by Gasteiger charge is -2.02. The molecule has 0 aliphatic heterocycles. The highest BCUT2D eigenvalue weighted by Crippen LogP contribution is 2.24. The van der Waals surface area contributed by atoms with Crippen LogP contribution in [0.2, 0.25) is 0 Å². The molecular formula is C13H10F2O2S. The minimum atomic E-state index is -0.703. The average Bonchev–Trinajstić information content (AvgIpc) is 2.75. The molecule has 0 N–H and O–H groups in total. The van der Waals surface area contributed by atoms with E-state index in [2.05, 4.69) is 0 Å². The quantitative estimate of drug-likeness (QED) is 0.623. The van der Waals surface area contributed by atoms with Crippen LogP contribution in [-0.2, 0) is 0 Å². The maximum absolute atomic E-state index is 13.3. The van der Waals surface area contributed by atoms with Crippen molar-refractivity contribution in [1.82, 2.24) is 0 Å². The Balaban J connectivity index is 2.08. The highest BCUT2D eigenvalue weighted by atomic mass is 32.2. The van der Waals surface area contributed by atoms with Gasteiger partial charge in [-0.1, -0.05) is 0 Å². The molecule has 1 aromatic heterocycles. The minimum Gasteiger partial charge on any atom is -0.468 e. The van der Waals surface area contributed by atoms with Crippen molar-refractivity contribution in [2.45, 2.75) is 11.8 Å². The van der Waals surface area contributed by atoms with Crippen LogP contribution in [0.15, 0.2) is 39.8 Å². The molecule has 94 valence electrons. The van der Waals surface area contributed by atoms with E-state index in [1.54, 1.807) is 13.0 Å². The van der Waals surface area contributed by atoms with E-state index in [-0.39, 0.29) is 11.3 Å². The number of aryl methyl sites for hydroxylation is 1. The zero-order valence-electron chi connectivity index (χ0n) is 9.57. The van der Waals surface area contributed by atoms with Crippen LogP contribution in [-0.4, -0.2) is 11.5 Å². The average molecular weight is 268 g/mol. The van der Waals surface area contributed by atoms with E-state index < -0.39 is 17.4 Å². The second kappa shape index (κ2) is 5.35. The summed E-state index contributed by atoms with van der Waals surface area (Å²) >= 11 is 1.24. The molecule has 0 fully saturated rings. The van der Waals surface area contributed by atoms with Gasteiger partial charge in [-0.3, -0.25) is 4.79 Å². The molecule has 0 aliphatic carbocycles. The number of hydrogen-bond donors (Lipinski definition) is 0. The lowest BCUT2D eigenvalue weighted by molar-refractivity contribution is 0.101. The number of carbonyl (C=O) groups excluding carboxylic acids is 1. The van der Waals surface area contributed by atoms with Gasteiger partial charge in [-0.05, 0) is 31.2 Å². The Bertz CT molecular complexity index is 578. The zero-order chi connectivity index (χ0) is 13.1. The van der Waals surface area contributed by atoms with Gasteiger partial charge in [0.05, 0.1) is 17.6 Å². The molecule has 0 amide bonds. The number of ketones is 1. The van der Waals surface area contributed by atoms with E-state index in [0.717, 1.165) is 23.1 Å². The fraction of sp³-hybridized carbons (Fsp3) is 0.154. The van der Waals surface area contributed by atoms with Crippen molar-refractivity contribution in [3.63, 3.8) is 0 Å². The molecule has 0 unspecified atom stereocenters. The Hall–Kier alpha value is -1.62. The molecule has 0 saturated carbocycles. The molecule has 0 aliphatic rings. The maximum atomic E-state index is 13.3. The molecule has 5 heteroatoms. The van der Waals surface area contributed by atoms with Crippen molar-refractivity contribution in [3.05, 3.63) is 53.5 Å². The number of halogens is 2. The van der Waals surface area contributed by atoms with Crippen molar-refractivity contribution >= 4 is 17.5 Å². The van der Waals surface area contributed by atoms with Crippen LogP contribution in [0.4, 0.5) is 8.78 Å². The van der Waals surface area contributed by atoms with Crippen molar-refractivity contribution in [2.75, 3.05) is 5.75 Å². The topological polar surface area (TPSA) is 30.2 Å². The first-order valence-electron chi connectivity index (χ1n) is 5.23. The maximum Gasteiger partial charge on any atom is 0.176 e. The molecular weight excluding hydrogens is 258 g/mol. The number of furan rings is 1. The molecule has 2 rings (SSSR count). The van der Waals surface area contributed by atoms with Gasteiger partial charge >= 0.3 is 0 Å². The summed E-state index contributed by atoms with van der Waals surface area (Å²) in [6.07, 6.45) is 1.52. The minimum absolute atomic E-state index is 0.0424. The van der Waals surface area contributed by atoms with Crippen molar-refractivity contribution in [1.29, 1.82) is 0 Å². The summed E-state index contributed by atoms with van der Waals surface area (Å²) in [5, 5.41) is 0. The van der Waals surface area contributed by atoms with Gasteiger partial charge in [-0.2, -0.15) is 0 Å². The SMILES string of the molecule is Cc1occc1SCC(=O)c1cc(F)ccc1F. The van der Waals surface area contributed by atoms with Crippen LogP contribution in [0, 0.1) is 18.6 Å². The standard InChI is InChI=1S/C13H10F2O2S/c1-8-13(4-5-17-8)18-7-12(16)10-6-9(14)2-3-11(10)15/h2-6H,7H2,1H3. The van der Waals surface area contributed by atoms with Gasteiger partial charge in [0.2, 0.25) is 0 Å². The summed E-state index contributed by atoms with van der Waals surface area (Å²) in [5.41, 5.74) is -0.219. The molecule has 18 heavy (non-hydrogen) atoms. The molecule has 2 nitrogen and oxygen atoms in total. The molecule has 0 saturated heterocycles. The summed E-state index contributed by atoms with van der Waals surface area (Å²) in [6, 6.07) is 4.59. The van der Waals surface area contributed by atoms with E-state index in [1.165, 1.54) is 18.0 Å². The number of benzene rings is 1. The first kappa shape index (κ1) is 12.8. The predicted molar refractivity (Wildman–Crippen MR) is 64.9 cm³/mol. The van der Waals surface area contributed by atoms with Gasteiger partial charge < -0.3 is 4.42 Å². The van der Waals surface area contributed by atoms with Crippen LogP contribution < -0.4 is 0 Å². The molecule has 0 spiro atoms. The van der Waals surface area contributed by atoms with E-state index in [1.807, 2.05) is 0 Å². The Kier molecular flexibility index (Phi) is 3.81. The Labute approximate surface area is 107 Å². The summed E-state index contributed by atoms with van der Waals surface area (Å²) < 4.78 is 31.4. The third-order valence-electron chi connectivity index (χ3n) is 2.40. The van der Waals surface area contributed by atoms with E-state index in [4.69, 9.17) is 4.42 Å². The molecule has 0 atom stereocenters. The third-order valence-corrected chi connectivity index (χ3v) is 3.54. The smallest absolute Gasteiger partial charge is 0.176 e. The first-order valence-corrected chi connectivity index (χ1v) is 6.21. The monoisotopic (exact) mass is 268 g/mol. The fourth-order valence-electron chi connectivity index (χ4n) is 1.46. The molecule has 0 radical (unpaired) electrons. The highest BCUT2D eigenvalue weighted by molar-refractivity contribution is 8.00. The van der Waals surface area contributed by atoms with Crippen LogP contribution in [0.3, 0.4) is 0 Å². The second-order valence-electron chi connectivity index (χ2n) is 3.68. The van der Waals surface area contributed by atoms with Crippen LogP contribution in [0.1, 0.15) is 16.1 Å². The van der Waals surface area contributed by atoms with Crippen LogP contribution in [0.25, 0.3) is 0 Å². The number of Topliss-reactive ketones (excluding diaryl/α,β-unsaturated/α-hetero) is 1. The Morgan fingerprint density at radius 1 is 1.33 bits per heavy atom. The number of thioether (sulfide) groups is 1.